The van der Waals surface area contributed by atoms with Crippen LogP contribution < -0.4 is 20.1 Å². The summed E-state index contributed by atoms with van der Waals surface area (Å²) >= 11 is 5.99. The molecule has 174 valence electrons. The number of nitrogens with one attached hydrogen (secondary N) is 2. The number of aromatic nitrogens is 2. The van der Waals surface area contributed by atoms with Crippen molar-refractivity contribution in [2.75, 3.05) is 26.1 Å². The lowest BCUT2D eigenvalue weighted by atomic mass is 9.95. The van der Waals surface area contributed by atoms with Crippen molar-refractivity contribution in [2.24, 2.45) is 0 Å². The average Bonchev–Trinajstić information content (AvgIpc) is 3.41. The summed E-state index contributed by atoms with van der Waals surface area (Å²) in [5.41, 5.74) is 1.89. The average molecular weight is 475 g/mol. The number of benzene rings is 2. The molecule has 2 aliphatic rings. The van der Waals surface area contributed by atoms with Crippen LogP contribution in [-0.2, 0) is 9.47 Å². The van der Waals surface area contributed by atoms with Gasteiger partial charge in [0.05, 0.1) is 44.2 Å². The van der Waals surface area contributed by atoms with Gasteiger partial charge in [0.1, 0.15) is 18.2 Å². The second-order valence-electron chi connectivity index (χ2n) is 7.84. The molecule has 11 heteroatoms. The predicted octanol–water partition coefficient (Wildman–Crippen LogP) is 2.55. The Labute approximate surface area is 194 Å². The number of urea groups is 1. The van der Waals surface area contributed by atoms with Crippen LogP contribution >= 0.6 is 11.6 Å². The highest BCUT2D eigenvalue weighted by Gasteiger charge is 2.51. The standard InChI is InChI=1S/C22H23ClN4O6/c1-30-15-7-13-14(8-16(15)31-2)27(10-24-13)19-20(28)18(17-9-32-21(19)33-17)26-22(29)25-12-5-3-4-11(23)6-12/h3-8,10,17-21,28H,9H2,1-2H3,(H2,25,26,29)/t17-,18-,19-,20+,21-/m1/s1. The molecule has 2 aromatic carbocycles. The number of rotatable bonds is 5. The van der Waals surface area contributed by atoms with E-state index in [2.05, 4.69) is 15.6 Å². The molecule has 10 nitrogen and oxygen atoms in total. The van der Waals surface area contributed by atoms with E-state index in [0.29, 0.717) is 33.2 Å². The first-order valence-electron chi connectivity index (χ1n) is 10.3. The maximum absolute atomic E-state index is 12.6. The van der Waals surface area contributed by atoms with Crippen molar-refractivity contribution in [3.8, 4) is 11.5 Å². The number of hydrogen-bond donors (Lipinski definition) is 3. The minimum atomic E-state index is -1.01. The van der Waals surface area contributed by atoms with Gasteiger partial charge in [-0.3, -0.25) is 0 Å². The Morgan fingerprint density at radius 1 is 1.24 bits per heavy atom. The molecule has 3 aromatic rings. The number of anilines is 1. The molecule has 0 aliphatic carbocycles. The largest absolute Gasteiger partial charge is 0.493 e. The number of nitrogens with zero attached hydrogens (tertiary/aromatic N) is 2. The molecule has 2 bridgehead atoms. The fourth-order valence-corrected chi connectivity index (χ4v) is 4.54. The zero-order chi connectivity index (χ0) is 23.1. The monoisotopic (exact) mass is 474 g/mol. The van der Waals surface area contributed by atoms with Crippen LogP contribution in [0.5, 0.6) is 11.5 Å². The molecular formula is C22H23ClN4O6. The smallest absolute Gasteiger partial charge is 0.319 e. The molecule has 2 fully saturated rings. The minimum absolute atomic E-state index is 0.240. The van der Waals surface area contributed by atoms with Gasteiger partial charge in [0.2, 0.25) is 0 Å². The van der Waals surface area contributed by atoms with E-state index in [1.165, 1.54) is 0 Å². The molecule has 0 saturated carbocycles. The molecule has 0 spiro atoms. The van der Waals surface area contributed by atoms with Crippen LogP contribution in [0.15, 0.2) is 42.7 Å². The van der Waals surface area contributed by atoms with Crippen LogP contribution in [-0.4, -0.2) is 66.1 Å². The van der Waals surface area contributed by atoms with Gasteiger partial charge in [-0.05, 0) is 18.2 Å². The van der Waals surface area contributed by atoms with Crippen LogP contribution in [0.3, 0.4) is 0 Å². The number of imidazole rings is 1. The van der Waals surface area contributed by atoms with E-state index in [4.69, 9.17) is 30.5 Å². The van der Waals surface area contributed by atoms with E-state index >= 15 is 0 Å². The molecular weight excluding hydrogens is 452 g/mol. The first-order chi connectivity index (χ1) is 16.0. The van der Waals surface area contributed by atoms with Crippen molar-refractivity contribution < 1.29 is 28.8 Å². The van der Waals surface area contributed by atoms with Crippen LogP contribution in [0.1, 0.15) is 6.04 Å². The van der Waals surface area contributed by atoms with E-state index in [9.17, 15) is 9.90 Å². The highest BCUT2D eigenvalue weighted by molar-refractivity contribution is 6.30. The van der Waals surface area contributed by atoms with Gasteiger partial charge in [-0.1, -0.05) is 17.7 Å². The molecule has 3 N–H and O–H groups in total. The number of carbonyl (C=O) groups is 1. The number of ether oxygens (including phenoxy) is 4. The summed E-state index contributed by atoms with van der Waals surface area (Å²) in [5, 5.41) is 17.3. The first kappa shape index (κ1) is 21.8. The van der Waals surface area contributed by atoms with E-state index in [0.717, 1.165) is 0 Å². The Hall–Kier alpha value is -3.05. The number of aliphatic hydroxyl groups excluding tert-OH is 1. The van der Waals surface area contributed by atoms with Crippen molar-refractivity contribution in [2.45, 2.75) is 30.6 Å². The molecule has 2 saturated heterocycles. The van der Waals surface area contributed by atoms with Crippen LogP contribution in [0.4, 0.5) is 10.5 Å². The number of amides is 2. The Kier molecular flexibility index (Phi) is 5.75. The van der Waals surface area contributed by atoms with Crippen molar-refractivity contribution >= 4 is 34.4 Å². The Morgan fingerprint density at radius 2 is 2.03 bits per heavy atom. The Morgan fingerprint density at radius 3 is 2.79 bits per heavy atom. The normalized spacial score (nSPS) is 26.2. The second-order valence-corrected chi connectivity index (χ2v) is 8.28. The molecule has 2 amide bonds. The number of fused-ring (bicyclic) bond motifs is 3. The van der Waals surface area contributed by atoms with Gasteiger partial charge >= 0.3 is 6.03 Å². The summed E-state index contributed by atoms with van der Waals surface area (Å²) < 4.78 is 24.3. The summed E-state index contributed by atoms with van der Waals surface area (Å²) in [6.45, 7) is 0.240. The molecule has 5 rings (SSSR count). The zero-order valence-corrected chi connectivity index (χ0v) is 18.7. The molecule has 0 unspecified atom stereocenters. The maximum atomic E-state index is 12.6. The number of carbonyl (C=O) groups excluding carboxylic acids is 1. The fraction of sp³-hybridized carbons (Fsp3) is 0.364. The highest BCUT2D eigenvalue weighted by atomic mass is 35.5. The lowest BCUT2D eigenvalue weighted by Crippen LogP contribution is -2.59. The molecule has 5 atom stereocenters. The third-order valence-electron chi connectivity index (χ3n) is 5.91. The number of hydrogen-bond acceptors (Lipinski definition) is 7. The molecule has 33 heavy (non-hydrogen) atoms. The van der Waals surface area contributed by atoms with Gasteiger partial charge in [-0.2, -0.15) is 0 Å². The summed E-state index contributed by atoms with van der Waals surface area (Å²) in [7, 11) is 3.10. The van der Waals surface area contributed by atoms with Gasteiger partial charge in [0.15, 0.2) is 17.8 Å². The van der Waals surface area contributed by atoms with Crippen molar-refractivity contribution in [1.29, 1.82) is 0 Å². The lowest BCUT2D eigenvalue weighted by molar-refractivity contribution is -0.162. The fourth-order valence-electron chi connectivity index (χ4n) is 4.35. The summed E-state index contributed by atoms with van der Waals surface area (Å²) in [4.78, 5) is 17.1. The third-order valence-corrected chi connectivity index (χ3v) is 6.15. The van der Waals surface area contributed by atoms with E-state index in [1.54, 1.807) is 61.5 Å². The maximum Gasteiger partial charge on any atom is 0.319 e. The summed E-state index contributed by atoms with van der Waals surface area (Å²) in [5.74, 6) is 1.07. The van der Waals surface area contributed by atoms with Gasteiger partial charge in [-0.15, -0.1) is 0 Å². The van der Waals surface area contributed by atoms with Gasteiger partial charge in [0, 0.05) is 22.8 Å². The van der Waals surface area contributed by atoms with Crippen molar-refractivity contribution in [1.82, 2.24) is 14.9 Å². The van der Waals surface area contributed by atoms with Crippen molar-refractivity contribution in [3.63, 3.8) is 0 Å². The third kappa shape index (κ3) is 3.95. The predicted molar refractivity (Wildman–Crippen MR) is 120 cm³/mol. The van der Waals surface area contributed by atoms with Crippen LogP contribution in [0.2, 0.25) is 5.02 Å². The van der Waals surface area contributed by atoms with Gasteiger partial charge in [0.25, 0.3) is 0 Å². The topological polar surface area (TPSA) is 116 Å². The van der Waals surface area contributed by atoms with E-state index < -0.39 is 36.6 Å². The molecule has 3 heterocycles. The second kappa shape index (κ2) is 8.71. The lowest BCUT2D eigenvalue weighted by Gasteiger charge is -2.39. The zero-order valence-electron chi connectivity index (χ0n) is 17.9. The SMILES string of the molecule is COc1cc2ncn([C@H]3[C@@H]4OC[C@@H](O4)[C@@H](NC(=O)Nc4cccc(Cl)c4)[C@@H]3O)c2cc1OC. The van der Waals surface area contributed by atoms with E-state index in [1.807, 2.05) is 0 Å². The van der Waals surface area contributed by atoms with Crippen molar-refractivity contribution in [3.05, 3.63) is 47.7 Å². The van der Waals surface area contributed by atoms with Crippen LogP contribution in [0.25, 0.3) is 11.0 Å². The number of methoxy groups -OCH3 is 2. The van der Waals surface area contributed by atoms with E-state index in [-0.39, 0.29) is 6.61 Å². The van der Waals surface area contributed by atoms with Crippen LogP contribution in [0, 0.1) is 0 Å². The Balaban J connectivity index is 1.42. The first-order valence-corrected chi connectivity index (χ1v) is 10.7. The molecule has 0 radical (unpaired) electrons. The van der Waals surface area contributed by atoms with Gasteiger partial charge in [-0.25, -0.2) is 9.78 Å². The quantitative estimate of drug-likeness (QED) is 0.520. The summed E-state index contributed by atoms with van der Waals surface area (Å²) in [6, 6.07) is 8.47. The molecule has 2 aliphatic heterocycles. The number of aliphatic hydroxyl groups is 1. The highest BCUT2D eigenvalue weighted by Crippen LogP contribution is 2.39. The minimum Gasteiger partial charge on any atom is -0.493 e. The molecule has 1 aromatic heterocycles. The number of halogens is 1. The Bertz CT molecular complexity index is 1190. The van der Waals surface area contributed by atoms with Gasteiger partial charge < -0.3 is 39.3 Å². The summed E-state index contributed by atoms with van der Waals surface area (Å²) in [6.07, 6.45) is -0.585.